The molecule has 0 spiro atoms. The minimum atomic E-state index is 0.0819. The molecule has 108 valence electrons. The molecule has 0 fully saturated rings. The fourth-order valence-electron chi connectivity index (χ4n) is 2.57. The standard InChI is InChI=1S/C16H20BrNO2/c1-11(2)8-16(20)18-7-3-4-12-9-13(15(19)10-17)5-6-14(12)18/h5-6,9,11H,3-4,7-8,10H2,1-2H3. The molecule has 0 saturated heterocycles. The average Bonchev–Trinajstić information content (AvgIpc) is 2.44. The van der Waals surface area contributed by atoms with Crippen LogP contribution in [0.1, 0.15) is 42.6 Å². The van der Waals surface area contributed by atoms with E-state index in [0.29, 0.717) is 17.7 Å². The third-order valence-electron chi connectivity index (χ3n) is 3.53. The van der Waals surface area contributed by atoms with Gasteiger partial charge in [0.25, 0.3) is 0 Å². The molecule has 3 nitrogen and oxygen atoms in total. The van der Waals surface area contributed by atoms with E-state index < -0.39 is 0 Å². The summed E-state index contributed by atoms with van der Waals surface area (Å²) in [6, 6.07) is 5.68. The van der Waals surface area contributed by atoms with Crippen molar-refractivity contribution in [2.24, 2.45) is 5.92 Å². The van der Waals surface area contributed by atoms with Crippen LogP contribution in [0.3, 0.4) is 0 Å². The van der Waals surface area contributed by atoms with Crippen molar-refractivity contribution in [3.63, 3.8) is 0 Å². The number of rotatable bonds is 4. The summed E-state index contributed by atoms with van der Waals surface area (Å²) in [6.07, 6.45) is 2.47. The van der Waals surface area contributed by atoms with Gasteiger partial charge in [-0.3, -0.25) is 9.59 Å². The van der Waals surface area contributed by atoms with Crippen LogP contribution in [0.25, 0.3) is 0 Å². The van der Waals surface area contributed by atoms with E-state index in [-0.39, 0.29) is 11.7 Å². The summed E-state index contributed by atoms with van der Waals surface area (Å²) in [6.45, 7) is 4.89. The lowest BCUT2D eigenvalue weighted by atomic mass is 9.97. The van der Waals surface area contributed by atoms with Gasteiger partial charge < -0.3 is 4.90 Å². The van der Waals surface area contributed by atoms with Gasteiger partial charge >= 0.3 is 0 Å². The molecule has 0 aromatic heterocycles. The molecule has 0 saturated carbocycles. The molecule has 2 rings (SSSR count). The van der Waals surface area contributed by atoms with Crippen LogP contribution in [0.15, 0.2) is 18.2 Å². The Bertz CT molecular complexity index is 525. The van der Waals surface area contributed by atoms with Crippen LogP contribution in [0.5, 0.6) is 0 Å². The molecule has 1 aromatic carbocycles. The zero-order chi connectivity index (χ0) is 14.7. The molecule has 0 aliphatic carbocycles. The molecule has 0 bridgehead atoms. The number of anilines is 1. The van der Waals surface area contributed by atoms with E-state index in [4.69, 9.17) is 0 Å². The molecule has 0 atom stereocenters. The Morgan fingerprint density at radius 2 is 2.10 bits per heavy atom. The lowest BCUT2D eigenvalue weighted by molar-refractivity contribution is -0.119. The smallest absolute Gasteiger partial charge is 0.227 e. The zero-order valence-corrected chi connectivity index (χ0v) is 13.6. The number of ketones is 1. The SMILES string of the molecule is CC(C)CC(=O)N1CCCc2cc(C(=O)CBr)ccc21. The van der Waals surface area contributed by atoms with E-state index in [9.17, 15) is 9.59 Å². The van der Waals surface area contributed by atoms with Gasteiger partial charge in [-0.1, -0.05) is 29.8 Å². The second-order valence-corrected chi connectivity index (χ2v) is 6.21. The number of Topliss-reactive ketones (excluding diaryl/α,β-unsaturated/α-hetero) is 1. The highest BCUT2D eigenvalue weighted by Gasteiger charge is 2.23. The molecule has 20 heavy (non-hydrogen) atoms. The van der Waals surface area contributed by atoms with Gasteiger partial charge in [-0.15, -0.1) is 0 Å². The Morgan fingerprint density at radius 3 is 2.75 bits per heavy atom. The molecular formula is C16H20BrNO2. The van der Waals surface area contributed by atoms with E-state index in [1.807, 2.05) is 23.1 Å². The second-order valence-electron chi connectivity index (χ2n) is 5.65. The normalized spacial score (nSPS) is 14.3. The predicted octanol–water partition coefficient (Wildman–Crippen LogP) is 3.59. The maximum absolute atomic E-state index is 12.3. The Hall–Kier alpha value is -1.16. The van der Waals surface area contributed by atoms with Gasteiger partial charge in [0.15, 0.2) is 5.78 Å². The predicted molar refractivity (Wildman–Crippen MR) is 84.7 cm³/mol. The first-order valence-corrected chi connectivity index (χ1v) is 8.17. The lowest BCUT2D eigenvalue weighted by Crippen LogP contribution is -2.36. The van der Waals surface area contributed by atoms with E-state index in [1.54, 1.807) is 0 Å². The third-order valence-corrected chi connectivity index (χ3v) is 4.03. The van der Waals surface area contributed by atoms with Crippen molar-refractivity contribution in [2.45, 2.75) is 33.1 Å². The minimum Gasteiger partial charge on any atom is -0.312 e. The van der Waals surface area contributed by atoms with Gasteiger partial charge in [-0.2, -0.15) is 0 Å². The molecule has 1 heterocycles. The first-order chi connectivity index (χ1) is 9.52. The van der Waals surface area contributed by atoms with Crippen LogP contribution in [0.2, 0.25) is 0 Å². The maximum Gasteiger partial charge on any atom is 0.227 e. The van der Waals surface area contributed by atoms with Crippen molar-refractivity contribution in [3.8, 4) is 0 Å². The summed E-state index contributed by atoms with van der Waals surface area (Å²) in [5, 5.41) is 0.335. The molecule has 0 unspecified atom stereocenters. The van der Waals surface area contributed by atoms with E-state index >= 15 is 0 Å². The van der Waals surface area contributed by atoms with Crippen molar-refractivity contribution >= 4 is 33.3 Å². The summed E-state index contributed by atoms with van der Waals surface area (Å²) in [4.78, 5) is 25.9. The highest BCUT2D eigenvalue weighted by atomic mass is 79.9. The molecule has 0 N–H and O–H groups in total. The summed E-state index contributed by atoms with van der Waals surface area (Å²) in [5.41, 5.74) is 2.81. The summed E-state index contributed by atoms with van der Waals surface area (Å²) in [5.74, 6) is 0.626. The number of carbonyl (C=O) groups excluding carboxylic acids is 2. The van der Waals surface area contributed by atoms with E-state index in [0.717, 1.165) is 36.2 Å². The van der Waals surface area contributed by atoms with E-state index in [2.05, 4.69) is 29.8 Å². The lowest BCUT2D eigenvalue weighted by Gasteiger charge is -2.30. The molecule has 4 heteroatoms. The maximum atomic E-state index is 12.3. The number of alkyl halides is 1. The van der Waals surface area contributed by atoms with Crippen molar-refractivity contribution < 1.29 is 9.59 Å². The monoisotopic (exact) mass is 337 g/mol. The van der Waals surface area contributed by atoms with E-state index in [1.165, 1.54) is 0 Å². The van der Waals surface area contributed by atoms with Crippen molar-refractivity contribution in [3.05, 3.63) is 29.3 Å². The highest BCUT2D eigenvalue weighted by Crippen LogP contribution is 2.29. The average molecular weight is 338 g/mol. The molecular weight excluding hydrogens is 318 g/mol. The Balaban J connectivity index is 2.28. The molecule has 1 aliphatic rings. The number of benzene rings is 1. The van der Waals surface area contributed by atoms with Crippen molar-refractivity contribution in [2.75, 3.05) is 16.8 Å². The summed E-state index contributed by atoms with van der Waals surface area (Å²) >= 11 is 3.20. The van der Waals surface area contributed by atoms with Crippen LogP contribution in [-0.2, 0) is 11.2 Å². The van der Waals surface area contributed by atoms with Gasteiger partial charge in [0.1, 0.15) is 0 Å². The number of amides is 1. The number of hydrogen-bond donors (Lipinski definition) is 0. The largest absolute Gasteiger partial charge is 0.312 e. The topological polar surface area (TPSA) is 37.4 Å². The van der Waals surface area contributed by atoms with Gasteiger partial charge in [0, 0.05) is 24.2 Å². The first-order valence-electron chi connectivity index (χ1n) is 7.05. The third kappa shape index (κ3) is 3.29. The molecule has 1 amide bonds. The summed E-state index contributed by atoms with van der Waals surface area (Å²) in [7, 11) is 0. The van der Waals surface area contributed by atoms with Gasteiger partial charge in [-0.25, -0.2) is 0 Å². The van der Waals surface area contributed by atoms with Crippen LogP contribution in [0.4, 0.5) is 5.69 Å². The zero-order valence-electron chi connectivity index (χ0n) is 12.0. The van der Waals surface area contributed by atoms with Gasteiger partial charge in [-0.05, 0) is 42.5 Å². The number of nitrogens with zero attached hydrogens (tertiary/aromatic N) is 1. The fourth-order valence-corrected chi connectivity index (χ4v) is 2.89. The molecule has 0 radical (unpaired) electrons. The first kappa shape index (κ1) is 15.2. The Kier molecular flexibility index (Phi) is 4.97. The van der Waals surface area contributed by atoms with Gasteiger partial charge in [0.05, 0.1) is 5.33 Å². The highest BCUT2D eigenvalue weighted by molar-refractivity contribution is 9.09. The molecule has 1 aliphatic heterocycles. The molecule has 1 aromatic rings. The second kappa shape index (κ2) is 6.53. The number of hydrogen-bond acceptors (Lipinski definition) is 2. The summed E-state index contributed by atoms with van der Waals surface area (Å²) < 4.78 is 0. The number of fused-ring (bicyclic) bond motifs is 1. The minimum absolute atomic E-state index is 0.0819. The quantitative estimate of drug-likeness (QED) is 0.621. The van der Waals surface area contributed by atoms with Crippen LogP contribution >= 0.6 is 15.9 Å². The van der Waals surface area contributed by atoms with Crippen molar-refractivity contribution in [1.82, 2.24) is 0 Å². The van der Waals surface area contributed by atoms with Crippen LogP contribution in [-0.4, -0.2) is 23.6 Å². The van der Waals surface area contributed by atoms with Crippen LogP contribution < -0.4 is 4.90 Å². The number of aryl methyl sites for hydroxylation is 1. The van der Waals surface area contributed by atoms with Crippen LogP contribution in [0, 0.1) is 5.92 Å². The number of halogens is 1. The Morgan fingerprint density at radius 1 is 1.35 bits per heavy atom. The van der Waals surface area contributed by atoms with Gasteiger partial charge in [0.2, 0.25) is 5.91 Å². The Labute approximate surface area is 128 Å². The van der Waals surface area contributed by atoms with Crippen molar-refractivity contribution in [1.29, 1.82) is 0 Å². The fraction of sp³-hybridized carbons (Fsp3) is 0.500. The number of carbonyl (C=O) groups is 2.